The molecule has 1 heterocycles. The Balaban J connectivity index is 2.60. The lowest BCUT2D eigenvalue weighted by atomic mass is 10.2. The van der Waals surface area contributed by atoms with Gasteiger partial charge in [0, 0.05) is 9.50 Å². The Hall–Kier alpha value is -0.980. The molecule has 90 valence electrons. The number of benzene rings is 1. The maximum Gasteiger partial charge on any atom is 0.173 e. The van der Waals surface area contributed by atoms with E-state index in [1.54, 1.807) is 4.68 Å². The maximum atomic E-state index is 6.10. The molecule has 0 fully saturated rings. The highest BCUT2D eigenvalue weighted by atomic mass is 79.9. The summed E-state index contributed by atoms with van der Waals surface area (Å²) in [5.74, 6) is 0.589. The quantitative estimate of drug-likeness (QED) is 0.923. The van der Waals surface area contributed by atoms with Crippen molar-refractivity contribution in [1.29, 1.82) is 0 Å². The van der Waals surface area contributed by atoms with E-state index in [0.717, 1.165) is 15.7 Å². The molecule has 5 nitrogen and oxygen atoms in total. The van der Waals surface area contributed by atoms with Gasteiger partial charge in [-0.15, -0.1) is 5.10 Å². The van der Waals surface area contributed by atoms with Crippen molar-refractivity contribution in [3.63, 3.8) is 0 Å². The third kappa shape index (κ3) is 2.34. The Labute approximate surface area is 112 Å². The standard InChI is InChI=1S/C10H11BrClN5/c1-5-3-7(11)9(4-8(5)12)17-10(6(2)13)14-15-16-17/h3-4,6H,13H2,1-2H3. The van der Waals surface area contributed by atoms with Crippen LogP contribution in [0.4, 0.5) is 0 Å². The summed E-state index contributed by atoms with van der Waals surface area (Å²) in [5.41, 5.74) is 7.56. The minimum absolute atomic E-state index is 0.253. The summed E-state index contributed by atoms with van der Waals surface area (Å²) in [6, 6.07) is 3.48. The highest BCUT2D eigenvalue weighted by molar-refractivity contribution is 9.10. The summed E-state index contributed by atoms with van der Waals surface area (Å²) in [6.45, 7) is 3.76. The second kappa shape index (κ2) is 4.72. The van der Waals surface area contributed by atoms with E-state index >= 15 is 0 Å². The summed E-state index contributed by atoms with van der Waals surface area (Å²) >= 11 is 9.57. The maximum absolute atomic E-state index is 6.10. The van der Waals surface area contributed by atoms with Crippen molar-refractivity contribution in [2.75, 3.05) is 0 Å². The molecule has 0 radical (unpaired) electrons. The zero-order chi connectivity index (χ0) is 12.6. The smallest absolute Gasteiger partial charge is 0.173 e. The summed E-state index contributed by atoms with van der Waals surface area (Å²) in [4.78, 5) is 0. The van der Waals surface area contributed by atoms with Crippen LogP contribution >= 0.6 is 27.5 Å². The number of halogens is 2. The molecule has 0 bridgehead atoms. The number of aromatic nitrogens is 4. The highest BCUT2D eigenvalue weighted by Gasteiger charge is 2.15. The molecule has 0 saturated heterocycles. The third-order valence-electron chi connectivity index (χ3n) is 2.36. The van der Waals surface area contributed by atoms with Crippen molar-refractivity contribution in [3.8, 4) is 5.69 Å². The minimum atomic E-state index is -0.253. The number of nitrogens with zero attached hydrogens (tertiary/aromatic N) is 4. The first-order valence-electron chi connectivity index (χ1n) is 5.00. The van der Waals surface area contributed by atoms with Crippen LogP contribution in [0.25, 0.3) is 5.69 Å². The predicted molar refractivity (Wildman–Crippen MR) is 69.2 cm³/mol. The van der Waals surface area contributed by atoms with E-state index in [-0.39, 0.29) is 6.04 Å². The van der Waals surface area contributed by atoms with E-state index in [1.807, 2.05) is 26.0 Å². The summed E-state index contributed by atoms with van der Waals surface area (Å²) in [5, 5.41) is 12.1. The lowest BCUT2D eigenvalue weighted by Gasteiger charge is -2.10. The number of rotatable bonds is 2. The molecule has 0 aliphatic rings. The van der Waals surface area contributed by atoms with Crippen LogP contribution in [0.3, 0.4) is 0 Å². The molecule has 2 rings (SSSR count). The van der Waals surface area contributed by atoms with Crippen molar-refractivity contribution in [2.45, 2.75) is 19.9 Å². The topological polar surface area (TPSA) is 69.6 Å². The zero-order valence-corrected chi connectivity index (χ0v) is 11.7. The molecule has 7 heteroatoms. The Kier molecular flexibility index (Phi) is 3.46. The van der Waals surface area contributed by atoms with Crippen LogP contribution < -0.4 is 5.73 Å². The van der Waals surface area contributed by atoms with Gasteiger partial charge in [-0.05, 0) is 57.9 Å². The van der Waals surface area contributed by atoms with Gasteiger partial charge in [0.1, 0.15) is 0 Å². The molecule has 17 heavy (non-hydrogen) atoms. The van der Waals surface area contributed by atoms with Gasteiger partial charge in [0.25, 0.3) is 0 Å². The van der Waals surface area contributed by atoms with Crippen LogP contribution in [0.2, 0.25) is 5.02 Å². The molecule has 2 N–H and O–H groups in total. The molecule has 0 saturated carbocycles. The van der Waals surface area contributed by atoms with Crippen LogP contribution in [0.15, 0.2) is 16.6 Å². The van der Waals surface area contributed by atoms with Crippen LogP contribution in [-0.2, 0) is 0 Å². The molecule has 1 atom stereocenters. The van der Waals surface area contributed by atoms with E-state index in [1.165, 1.54) is 0 Å². The van der Waals surface area contributed by atoms with E-state index < -0.39 is 0 Å². The number of tetrazole rings is 1. The fraction of sp³-hybridized carbons (Fsp3) is 0.300. The zero-order valence-electron chi connectivity index (χ0n) is 9.35. The Bertz CT molecular complexity index is 552. The van der Waals surface area contributed by atoms with E-state index in [9.17, 15) is 0 Å². The molecule has 0 aliphatic heterocycles. The second-order valence-electron chi connectivity index (χ2n) is 3.79. The van der Waals surface area contributed by atoms with Gasteiger partial charge in [0.15, 0.2) is 5.82 Å². The van der Waals surface area contributed by atoms with Gasteiger partial charge in [0.2, 0.25) is 0 Å². The fourth-order valence-electron chi connectivity index (χ4n) is 1.45. The Morgan fingerprint density at radius 2 is 2.18 bits per heavy atom. The van der Waals surface area contributed by atoms with Crippen LogP contribution in [0, 0.1) is 6.92 Å². The van der Waals surface area contributed by atoms with E-state index in [0.29, 0.717) is 10.8 Å². The average molecular weight is 317 g/mol. The van der Waals surface area contributed by atoms with Gasteiger partial charge in [-0.25, -0.2) is 0 Å². The number of hydrogen-bond acceptors (Lipinski definition) is 4. The van der Waals surface area contributed by atoms with E-state index in [4.69, 9.17) is 17.3 Å². The fourth-order valence-corrected chi connectivity index (χ4v) is 2.23. The highest BCUT2D eigenvalue weighted by Crippen LogP contribution is 2.28. The normalized spacial score (nSPS) is 12.8. The van der Waals surface area contributed by atoms with Gasteiger partial charge in [-0.2, -0.15) is 4.68 Å². The van der Waals surface area contributed by atoms with Crippen molar-refractivity contribution >= 4 is 27.5 Å². The Morgan fingerprint density at radius 1 is 1.47 bits per heavy atom. The van der Waals surface area contributed by atoms with Crippen LogP contribution in [0.1, 0.15) is 24.4 Å². The predicted octanol–water partition coefficient (Wildman–Crippen LogP) is 2.41. The molecule has 0 spiro atoms. The molecule has 1 unspecified atom stereocenters. The van der Waals surface area contributed by atoms with Crippen molar-refractivity contribution in [2.24, 2.45) is 5.73 Å². The van der Waals surface area contributed by atoms with Gasteiger partial charge in [-0.1, -0.05) is 11.6 Å². The van der Waals surface area contributed by atoms with Gasteiger partial charge in [-0.3, -0.25) is 0 Å². The van der Waals surface area contributed by atoms with E-state index in [2.05, 4.69) is 31.5 Å². The minimum Gasteiger partial charge on any atom is -0.321 e. The first kappa shape index (κ1) is 12.5. The van der Waals surface area contributed by atoms with Crippen LogP contribution in [-0.4, -0.2) is 20.2 Å². The number of aryl methyl sites for hydroxylation is 1. The summed E-state index contributed by atoms with van der Waals surface area (Å²) < 4.78 is 2.45. The van der Waals surface area contributed by atoms with Gasteiger partial charge < -0.3 is 5.73 Å². The number of hydrogen-bond donors (Lipinski definition) is 1. The number of nitrogens with two attached hydrogens (primary N) is 1. The monoisotopic (exact) mass is 315 g/mol. The largest absolute Gasteiger partial charge is 0.321 e. The molecular formula is C10H11BrClN5. The Morgan fingerprint density at radius 3 is 2.82 bits per heavy atom. The molecule has 1 aromatic heterocycles. The average Bonchev–Trinajstić information content (AvgIpc) is 2.72. The molecule has 0 amide bonds. The molecule has 1 aromatic carbocycles. The van der Waals surface area contributed by atoms with Crippen molar-refractivity contribution in [3.05, 3.63) is 33.0 Å². The van der Waals surface area contributed by atoms with Gasteiger partial charge >= 0.3 is 0 Å². The lowest BCUT2D eigenvalue weighted by Crippen LogP contribution is -2.13. The van der Waals surface area contributed by atoms with Gasteiger partial charge in [0.05, 0.1) is 11.7 Å². The molecule has 0 aliphatic carbocycles. The second-order valence-corrected chi connectivity index (χ2v) is 5.05. The first-order chi connectivity index (χ1) is 8.00. The third-order valence-corrected chi connectivity index (χ3v) is 3.40. The van der Waals surface area contributed by atoms with Crippen LogP contribution in [0.5, 0.6) is 0 Å². The van der Waals surface area contributed by atoms with Crippen molar-refractivity contribution in [1.82, 2.24) is 20.2 Å². The van der Waals surface area contributed by atoms with Crippen molar-refractivity contribution < 1.29 is 0 Å². The summed E-state index contributed by atoms with van der Waals surface area (Å²) in [7, 11) is 0. The molecule has 2 aromatic rings. The molecular weight excluding hydrogens is 306 g/mol. The lowest BCUT2D eigenvalue weighted by molar-refractivity contribution is 0.687. The first-order valence-corrected chi connectivity index (χ1v) is 6.17. The SMILES string of the molecule is Cc1cc(Br)c(-n2nnnc2C(C)N)cc1Cl. The summed E-state index contributed by atoms with van der Waals surface area (Å²) in [6.07, 6.45) is 0.